The Kier molecular flexibility index (Phi) is 9.93. The molecule has 28 heavy (non-hydrogen) atoms. The maximum Gasteiger partial charge on any atom is 0.274 e. The Labute approximate surface area is 181 Å². The zero-order valence-corrected chi connectivity index (χ0v) is 18.1. The number of carbonyl (C=O) groups excluding carboxylic acids is 1. The number of amides is 1. The Morgan fingerprint density at radius 1 is 1.14 bits per heavy atom. The molecule has 8 nitrogen and oxygen atoms in total. The Hall–Kier alpha value is -2.69. The molecule has 1 amide bonds. The molecule has 0 fully saturated rings. The fourth-order valence-corrected chi connectivity index (χ4v) is 2.58. The molecule has 2 rings (SSSR count). The van der Waals surface area contributed by atoms with Crippen molar-refractivity contribution in [1.29, 1.82) is 0 Å². The van der Waals surface area contributed by atoms with Gasteiger partial charge in [-0.1, -0.05) is 30.3 Å². The van der Waals surface area contributed by atoms with E-state index in [0.29, 0.717) is 36.6 Å². The van der Waals surface area contributed by atoms with Crippen LogP contribution >= 0.6 is 24.0 Å². The summed E-state index contributed by atoms with van der Waals surface area (Å²) in [4.78, 5) is 26.5. The highest BCUT2D eigenvalue weighted by molar-refractivity contribution is 14.0. The summed E-state index contributed by atoms with van der Waals surface area (Å²) in [6.07, 6.45) is 0.705. The third-order valence-corrected chi connectivity index (χ3v) is 3.98. The van der Waals surface area contributed by atoms with Crippen molar-refractivity contribution in [2.24, 2.45) is 4.99 Å². The van der Waals surface area contributed by atoms with E-state index in [1.54, 1.807) is 38.4 Å². The van der Waals surface area contributed by atoms with Crippen LogP contribution in [0.25, 0.3) is 0 Å². The van der Waals surface area contributed by atoms with Crippen LogP contribution in [0.1, 0.15) is 21.5 Å². The molecule has 0 radical (unpaired) electrons. The molecule has 0 saturated heterocycles. The van der Waals surface area contributed by atoms with Crippen molar-refractivity contribution in [3.05, 3.63) is 75.3 Å². The maximum absolute atomic E-state index is 11.7. The van der Waals surface area contributed by atoms with Crippen LogP contribution in [-0.4, -0.2) is 37.4 Å². The minimum atomic E-state index is -0.396. The lowest BCUT2D eigenvalue weighted by Crippen LogP contribution is -2.38. The maximum atomic E-state index is 11.7. The second kappa shape index (κ2) is 11.9. The molecule has 9 heteroatoms. The van der Waals surface area contributed by atoms with E-state index in [4.69, 9.17) is 0 Å². The van der Waals surface area contributed by atoms with Crippen molar-refractivity contribution in [1.82, 2.24) is 16.0 Å². The van der Waals surface area contributed by atoms with E-state index in [1.807, 2.05) is 18.2 Å². The first-order chi connectivity index (χ1) is 13.0. The summed E-state index contributed by atoms with van der Waals surface area (Å²) in [5, 5.41) is 19.9. The molecule has 0 aliphatic heterocycles. The van der Waals surface area contributed by atoms with Gasteiger partial charge >= 0.3 is 0 Å². The Bertz CT molecular complexity index is 842. The number of hydrogen-bond donors (Lipinski definition) is 3. The lowest BCUT2D eigenvalue weighted by molar-refractivity contribution is -0.385. The predicted octanol–water partition coefficient (Wildman–Crippen LogP) is 2.48. The largest absolute Gasteiger partial charge is 0.356 e. The minimum absolute atomic E-state index is 0. The van der Waals surface area contributed by atoms with Gasteiger partial charge in [0.1, 0.15) is 0 Å². The van der Waals surface area contributed by atoms with E-state index in [9.17, 15) is 14.9 Å². The number of benzene rings is 2. The minimum Gasteiger partial charge on any atom is -0.356 e. The van der Waals surface area contributed by atoms with E-state index < -0.39 is 4.92 Å². The number of nitrogens with zero attached hydrogens (tertiary/aromatic N) is 2. The standard InChI is InChI=1S/C19H23N5O3.HI/c1-20-18(25)15-8-5-6-14(12-15)10-11-22-19(21-2)23-13-16-7-3-4-9-17(16)24(26)27;/h3-9,12H,10-11,13H2,1-2H3,(H,20,25)(H2,21,22,23);1H. The topological polar surface area (TPSA) is 109 Å². The van der Waals surface area contributed by atoms with Crippen molar-refractivity contribution >= 4 is 41.5 Å². The van der Waals surface area contributed by atoms with Gasteiger partial charge in [-0.2, -0.15) is 0 Å². The average molecular weight is 497 g/mol. The number of nitrogens with one attached hydrogen (secondary N) is 3. The van der Waals surface area contributed by atoms with Crippen molar-refractivity contribution in [3.8, 4) is 0 Å². The fourth-order valence-electron chi connectivity index (χ4n) is 2.58. The summed E-state index contributed by atoms with van der Waals surface area (Å²) in [5.41, 5.74) is 2.31. The quantitative estimate of drug-likeness (QED) is 0.179. The van der Waals surface area contributed by atoms with Crippen molar-refractivity contribution < 1.29 is 9.72 Å². The highest BCUT2D eigenvalue weighted by atomic mass is 127. The molecular weight excluding hydrogens is 473 g/mol. The third-order valence-electron chi connectivity index (χ3n) is 3.98. The molecule has 0 heterocycles. The molecule has 150 valence electrons. The predicted molar refractivity (Wildman–Crippen MR) is 120 cm³/mol. The van der Waals surface area contributed by atoms with Gasteiger partial charge in [-0.3, -0.25) is 19.9 Å². The van der Waals surface area contributed by atoms with Crippen LogP contribution in [0.4, 0.5) is 5.69 Å². The van der Waals surface area contributed by atoms with Gasteiger partial charge in [0, 0.05) is 44.4 Å². The summed E-state index contributed by atoms with van der Waals surface area (Å²) in [6, 6.07) is 14.0. The van der Waals surface area contributed by atoms with Crippen LogP contribution in [0, 0.1) is 10.1 Å². The van der Waals surface area contributed by atoms with E-state index in [0.717, 1.165) is 5.56 Å². The van der Waals surface area contributed by atoms with Crippen LogP contribution in [0.5, 0.6) is 0 Å². The van der Waals surface area contributed by atoms with Crippen LogP contribution in [0.3, 0.4) is 0 Å². The number of para-hydroxylation sites is 1. The van der Waals surface area contributed by atoms with Gasteiger partial charge in [0.2, 0.25) is 0 Å². The average Bonchev–Trinajstić information content (AvgIpc) is 2.70. The molecule has 0 aromatic heterocycles. The number of carbonyl (C=O) groups is 1. The Morgan fingerprint density at radius 2 is 1.89 bits per heavy atom. The second-order valence-electron chi connectivity index (χ2n) is 5.77. The molecule has 0 aliphatic carbocycles. The Balaban J connectivity index is 0.00000392. The summed E-state index contributed by atoms with van der Waals surface area (Å²) in [5.74, 6) is 0.433. The van der Waals surface area contributed by atoms with E-state index >= 15 is 0 Å². The first kappa shape index (κ1) is 23.3. The molecular formula is C19H24IN5O3. The molecule has 0 bridgehead atoms. The zero-order chi connectivity index (χ0) is 19.6. The highest BCUT2D eigenvalue weighted by Crippen LogP contribution is 2.16. The number of nitro benzene ring substituents is 1. The van der Waals surface area contributed by atoms with Crippen LogP contribution in [0.15, 0.2) is 53.5 Å². The molecule has 3 N–H and O–H groups in total. The summed E-state index contributed by atoms with van der Waals surface area (Å²) >= 11 is 0. The van der Waals surface area contributed by atoms with Crippen LogP contribution in [0.2, 0.25) is 0 Å². The molecule has 0 unspecified atom stereocenters. The first-order valence-electron chi connectivity index (χ1n) is 8.53. The molecule has 2 aromatic carbocycles. The van der Waals surface area contributed by atoms with E-state index in [-0.39, 0.29) is 35.6 Å². The molecule has 2 aromatic rings. The number of rotatable bonds is 7. The highest BCUT2D eigenvalue weighted by Gasteiger charge is 2.12. The molecule has 0 saturated carbocycles. The van der Waals surface area contributed by atoms with Crippen molar-refractivity contribution in [2.75, 3.05) is 20.6 Å². The monoisotopic (exact) mass is 497 g/mol. The van der Waals surface area contributed by atoms with Crippen molar-refractivity contribution in [2.45, 2.75) is 13.0 Å². The Morgan fingerprint density at radius 3 is 2.57 bits per heavy atom. The van der Waals surface area contributed by atoms with Gasteiger partial charge in [0.15, 0.2) is 5.96 Å². The van der Waals surface area contributed by atoms with Gasteiger partial charge in [0.05, 0.1) is 4.92 Å². The van der Waals surface area contributed by atoms with Gasteiger partial charge in [-0.05, 0) is 24.1 Å². The molecule has 0 atom stereocenters. The van der Waals surface area contributed by atoms with Gasteiger partial charge in [-0.25, -0.2) is 0 Å². The molecule has 0 spiro atoms. The number of halogens is 1. The summed E-state index contributed by atoms with van der Waals surface area (Å²) < 4.78 is 0. The summed E-state index contributed by atoms with van der Waals surface area (Å²) in [7, 11) is 3.24. The fraction of sp³-hybridized carbons (Fsp3) is 0.263. The summed E-state index contributed by atoms with van der Waals surface area (Å²) in [6.45, 7) is 0.900. The normalized spacial score (nSPS) is 10.6. The van der Waals surface area contributed by atoms with Gasteiger partial charge in [-0.15, -0.1) is 24.0 Å². The lowest BCUT2D eigenvalue weighted by atomic mass is 10.1. The van der Waals surface area contributed by atoms with Gasteiger partial charge in [0.25, 0.3) is 11.6 Å². The smallest absolute Gasteiger partial charge is 0.274 e. The molecule has 0 aliphatic rings. The zero-order valence-electron chi connectivity index (χ0n) is 15.8. The number of hydrogen-bond acceptors (Lipinski definition) is 4. The van der Waals surface area contributed by atoms with Crippen molar-refractivity contribution in [3.63, 3.8) is 0 Å². The number of guanidine groups is 1. The van der Waals surface area contributed by atoms with E-state index in [2.05, 4.69) is 20.9 Å². The van der Waals surface area contributed by atoms with Crippen LogP contribution in [-0.2, 0) is 13.0 Å². The lowest BCUT2D eigenvalue weighted by Gasteiger charge is -2.12. The third kappa shape index (κ3) is 6.80. The number of nitro groups is 1. The number of aliphatic imine (C=N–C) groups is 1. The van der Waals surface area contributed by atoms with E-state index in [1.165, 1.54) is 6.07 Å². The van der Waals surface area contributed by atoms with Gasteiger partial charge < -0.3 is 16.0 Å². The first-order valence-corrected chi connectivity index (χ1v) is 8.53. The van der Waals surface area contributed by atoms with Crippen LogP contribution < -0.4 is 16.0 Å². The SMILES string of the molecule is CN=C(NCCc1cccc(C(=O)NC)c1)NCc1ccccc1[N+](=O)[O-].I. The second-order valence-corrected chi connectivity index (χ2v) is 5.77.